The van der Waals surface area contributed by atoms with Crippen LogP contribution in [0.15, 0.2) is 77.8 Å². The van der Waals surface area contributed by atoms with Crippen molar-refractivity contribution in [2.45, 2.75) is 24.3 Å². The Labute approximate surface area is 190 Å². The molecule has 5 rings (SSSR count). The van der Waals surface area contributed by atoms with Crippen LogP contribution < -0.4 is 4.90 Å². The Bertz CT molecular complexity index is 1280. The average molecular weight is 444 g/mol. The Morgan fingerprint density at radius 1 is 0.938 bits per heavy atom. The molecule has 0 atom stereocenters. The van der Waals surface area contributed by atoms with E-state index in [1.54, 1.807) is 12.1 Å². The summed E-state index contributed by atoms with van der Waals surface area (Å²) in [4.78, 5) is 24.6. The number of amides is 1. The fraction of sp³-hybridized carbons (Fsp3) is 0.192. The van der Waals surface area contributed by atoms with Crippen LogP contribution in [0.2, 0.25) is 0 Å². The SMILES string of the molecule is O=C(CSc1nc2ccccc2nc1Cc1ccc(F)cc1)N1CCCc2ccccc21. The zero-order valence-corrected chi connectivity index (χ0v) is 18.3. The molecular formula is C26H22FN3OS. The lowest BCUT2D eigenvalue weighted by Crippen LogP contribution is -2.36. The second-order valence-corrected chi connectivity index (χ2v) is 8.80. The van der Waals surface area contributed by atoms with E-state index in [0.29, 0.717) is 6.42 Å². The number of benzene rings is 3. The number of carbonyl (C=O) groups excluding carboxylic acids is 1. The van der Waals surface area contributed by atoms with E-state index in [9.17, 15) is 9.18 Å². The highest BCUT2D eigenvalue weighted by atomic mass is 32.2. The number of para-hydroxylation sites is 3. The highest BCUT2D eigenvalue weighted by molar-refractivity contribution is 8.00. The Hall–Kier alpha value is -3.25. The van der Waals surface area contributed by atoms with Gasteiger partial charge in [0.05, 0.1) is 22.5 Å². The minimum Gasteiger partial charge on any atom is -0.311 e. The third-order valence-corrected chi connectivity index (χ3v) is 6.63. The fourth-order valence-electron chi connectivity index (χ4n) is 4.05. The number of aryl methyl sites for hydroxylation is 1. The monoisotopic (exact) mass is 443 g/mol. The summed E-state index contributed by atoms with van der Waals surface area (Å²) in [5, 5.41) is 0.742. The largest absolute Gasteiger partial charge is 0.311 e. The molecule has 0 aliphatic carbocycles. The van der Waals surface area contributed by atoms with Crippen molar-refractivity contribution >= 4 is 34.4 Å². The van der Waals surface area contributed by atoms with E-state index < -0.39 is 0 Å². The first kappa shape index (κ1) is 20.6. The topological polar surface area (TPSA) is 46.1 Å². The molecule has 0 saturated carbocycles. The van der Waals surface area contributed by atoms with Crippen LogP contribution in [0.5, 0.6) is 0 Å². The number of rotatable bonds is 5. The van der Waals surface area contributed by atoms with Gasteiger partial charge in [-0.25, -0.2) is 14.4 Å². The molecule has 0 saturated heterocycles. The number of aromatic nitrogens is 2. The zero-order valence-electron chi connectivity index (χ0n) is 17.5. The van der Waals surface area contributed by atoms with Gasteiger partial charge < -0.3 is 4.90 Å². The van der Waals surface area contributed by atoms with Crippen LogP contribution in [0.25, 0.3) is 11.0 Å². The van der Waals surface area contributed by atoms with E-state index in [1.807, 2.05) is 47.4 Å². The quantitative estimate of drug-likeness (QED) is 0.386. The predicted molar refractivity (Wildman–Crippen MR) is 127 cm³/mol. The van der Waals surface area contributed by atoms with Crippen molar-refractivity contribution in [2.24, 2.45) is 0 Å². The van der Waals surface area contributed by atoms with Crippen molar-refractivity contribution in [3.8, 4) is 0 Å². The molecule has 0 spiro atoms. The molecule has 0 bridgehead atoms. The smallest absolute Gasteiger partial charge is 0.237 e. The number of carbonyl (C=O) groups is 1. The van der Waals surface area contributed by atoms with Crippen molar-refractivity contribution in [3.63, 3.8) is 0 Å². The van der Waals surface area contributed by atoms with Crippen LogP contribution in [0.4, 0.5) is 10.1 Å². The zero-order chi connectivity index (χ0) is 21.9. The molecule has 2 heterocycles. The molecule has 0 N–H and O–H groups in total. The molecular weight excluding hydrogens is 421 g/mol. The van der Waals surface area contributed by atoms with Crippen molar-refractivity contribution < 1.29 is 9.18 Å². The lowest BCUT2D eigenvalue weighted by Gasteiger charge is -2.29. The first-order valence-corrected chi connectivity index (χ1v) is 11.7. The molecule has 1 aromatic heterocycles. The van der Waals surface area contributed by atoms with Gasteiger partial charge in [0.2, 0.25) is 5.91 Å². The van der Waals surface area contributed by atoms with Gasteiger partial charge in [-0.05, 0) is 54.3 Å². The molecule has 1 aliphatic rings. The summed E-state index contributed by atoms with van der Waals surface area (Å²) in [6.45, 7) is 0.738. The van der Waals surface area contributed by atoms with Gasteiger partial charge in [-0.2, -0.15) is 0 Å². The third-order valence-electron chi connectivity index (χ3n) is 5.63. The summed E-state index contributed by atoms with van der Waals surface area (Å²) in [6, 6.07) is 22.3. The van der Waals surface area contributed by atoms with Crippen LogP contribution in [-0.2, 0) is 17.6 Å². The maximum Gasteiger partial charge on any atom is 0.237 e. The summed E-state index contributed by atoms with van der Waals surface area (Å²) in [5.74, 6) is 0.0998. The molecule has 4 aromatic rings. The Balaban J connectivity index is 1.40. The van der Waals surface area contributed by atoms with Crippen LogP contribution in [0, 0.1) is 5.82 Å². The van der Waals surface area contributed by atoms with Gasteiger partial charge in [0.25, 0.3) is 0 Å². The van der Waals surface area contributed by atoms with Gasteiger partial charge in [0.15, 0.2) is 0 Å². The Morgan fingerprint density at radius 3 is 2.47 bits per heavy atom. The second-order valence-electron chi connectivity index (χ2n) is 7.83. The van der Waals surface area contributed by atoms with Gasteiger partial charge in [-0.15, -0.1) is 0 Å². The van der Waals surface area contributed by atoms with Crippen LogP contribution in [0.3, 0.4) is 0 Å². The van der Waals surface area contributed by atoms with E-state index in [0.717, 1.165) is 52.4 Å². The number of nitrogens with zero attached hydrogens (tertiary/aromatic N) is 3. The molecule has 160 valence electrons. The summed E-state index contributed by atoms with van der Waals surface area (Å²) >= 11 is 1.42. The lowest BCUT2D eigenvalue weighted by molar-refractivity contribution is -0.116. The number of thioether (sulfide) groups is 1. The van der Waals surface area contributed by atoms with Gasteiger partial charge >= 0.3 is 0 Å². The molecule has 0 fully saturated rings. The van der Waals surface area contributed by atoms with Crippen molar-refractivity contribution in [1.29, 1.82) is 0 Å². The Kier molecular flexibility index (Phi) is 5.86. The molecule has 0 radical (unpaired) electrons. The molecule has 6 heteroatoms. The predicted octanol–water partition coefficient (Wildman–Crippen LogP) is 5.43. The molecule has 1 amide bonds. The first-order valence-electron chi connectivity index (χ1n) is 10.7. The normalized spacial score (nSPS) is 13.2. The molecule has 1 aliphatic heterocycles. The Morgan fingerprint density at radius 2 is 1.66 bits per heavy atom. The number of hydrogen-bond donors (Lipinski definition) is 0. The van der Waals surface area contributed by atoms with Crippen LogP contribution in [0.1, 0.15) is 23.2 Å². The van der Waals surface area contributed by atoms with Crippen molar-refractivity contribution in [2.75, 3.05) is 17.2 Å². The van der Waals surface area contributed by atoms with Gasteiger partial charge in [0.1, 0.15) is 10.8 Å². The summed E-state index contributed by atoms with van der Waals surface area (Å²) in [7, 11) is 0. The van der Waals surface area contributed by atoms with Crippen molar-refractivity contribution in [3.05, 3.63) is 95.4 Å². The van der Waals surface area contributed by atoms with Gasteiger partial charge in [0, 0.05) is 18.7 Å². The molecule has 32 heavy (non-hydrogen) atoms. The van der Waals surface area contributed by atoms with E-state index in [-0.39, 0.29) is 17.5 Å². The fourth-order valence-corrected chi connectivity index (χ4v) is 4.91. The summed E-state index contributed by atoms with van der Waals surface area (Å²) in [6.07, 6.45) is 2.51. The molecule has 3 aromatic carbocycles. The van der Waals surface area contributed by atoms with E-state index in [2.05, 4.69) is 6.07 Å². The van der Waals surface area contributed by atoms with Crippen LogP contribution >= 0.6 is 11.8 Å². The second kappa shape index (κ2) is 9.09. The van der Waals surface area contributed by atoms with Gasteiger partial charge in [-0.3, -0.25) is 4.79 Å². The first-order chi connectivity index (χ1) is 15.7. The third kappa shape index (κ3) is 4.36. The summed E-state index contributed by atoms with van der Waals surface area (Å²) in [5.41, 5.74) is 5.60. The van der Waals surface area contributed by atoms with E-state index in [4.69, 9.17) is 9.97 Å². The maximum absolute atomic E-state index is 13.3. The highest BCUT2D eigenvalue weighted by Gasteiger charge is 2.23. The number of hydrogen-bond acceptors (Lipinski definition) is 4. The minimum absolute atomic E-state index is 0.0739. The molecule has 4 nitrogen and oxygen atoms in total. The number of fused-ring (bicyclic) bond motifs is 2. The number of halogens is 1. The van der Waals surface area contributed by atoms with Crippen LogP contribution in [-0.4, -0.2) is 28.2 Å². The van der Waals surface area contributed by atoms with Gasteiger partial charge in [-0.1, -0.05) is 54.2 Å². The minimum atomic E-state index is -0.264. The number of anilines is 1. The van der Waals surface area contributed by atoms with Crippen molar-refractivity contribution in [1.82, 2.24) is 9.97 Å². The summed E-state index contributed by atoms with van der Waals surface area (Å²) < 4.78 is 13.3. The maximum atomic E-state index is 13.3. The van der Waals surface area contributed by atoms with E-state index in [1.165, 1.54) is 29.5 Å². The standard InChI is InChI=1S/C26H22FN3OS/c27-20-13-11-18(12-14-20)16-23-26(29-22-9-3-2-8-21(22)28-23)32-17-25(31)30-15-5-7-19-6-1-4-10-24(19)30/h1-4,6,8-14H,5,7,15-17H2. The highest BCUT2D eigenvalue weighted by Crippen LogP contribution is 2.29. The molecule has 0 unspecified atom stereocenters. The van der Waals surface area contributed by atoms with E-state index >= 15 is 0 Å². The average Bonchev–Trinajstić information content (AvgIpc) is 2.83. The lowest BCUT2D eigenvalue weighted by atomic mass is 10.0.